The van der Waals surface area contributed by atoms with Crippen molar-refractivity contribution in [3.05, 3.63) is 252 Å². The number of halogens is 4. The number of benzene rings is 6. The summed E-state index contributed by atoms with van der Waals surface area (Å²) in [6.07, 6.45) is 0. The average Bonchev–Trinajstić information content (AvgIpc) is 3.69. The molecule has 5 radical (unpaired) electrons. The summed E-state index contributed by atoms with van der Waals surface area (Å²) < 4.78 is 65.8. The standard InChI is InChI=1S/C16H13NO.C12H10BrNO.C12H9F2NO.C12H10FNO.C12H11NO.5Al.5H/c1-11-10-12-6-2-3-7-13(12)16(17-11)14-8-4-5-9-15(14)18;13-8-9-4-3-6-11(14-9)10-5-1-2-7-12(10)15;1-7-3-2-4-10(15-7)12-9(14)5-8(13)6-11(12)16;13-8-9-4-3-6-11(14-9)10-5-1-2-7-12(10)15;1-9-5-4-7-11(13-9)10-6-2-3-8-12(10)14;;;;;;;;;;/h2-10,18H,1H3;1-7,15H,8H2;2-6,16H,1H3;1-7,15H,8H2;2-8,14H,1H3;;;;;;;;;;/q;;;;;5*+1;;;;;/p-5. The van der Waals surface area contributed by atoms with Gasteiger partial charge in [-0.2, -0.15) is 0 Å². The van der Waals surface area contributed by atoms with Gasteiger partial charge in [-0.25, -0.2) is 18.2 Å². The summed E-state index contributed by atoms with van der Waals surface area (Å²) in [5.41, 5.74) is 12.5. The van der Waals surface area contributed by atoms with Crippen LogP contribution in [0, 0.1) is 32.4 Å². The van der Waals surface area contributed by atoms with Crippen molar-refractivity contribution in [3.63, 3.8) is 0 Å². The molecule has 0 saturated heterocycles. The topological polar surface area (TPSA) is 111 Å². The van der Waals surface area contributed by atoms with Gasteiger partial charge in [0.1, 0.15) is 18.3 Å². The zero-order chi connectivity index (χ0) is 59.1. The van der Waals surface area contributed by atoms with E-state index in [1.165, 1.54) is 88.5 Å². The van der Waals surface area contributed by atoms with Crippen molar-refractivity contribution in [2.45, 2.75) is 32.8 Å². The minimum Gasteiger partial charge on any atom is -0.650 e. The fourth-order valence-electron chi connectivity index (χ4n) is 8.43. The van der Waals surface area contributed by atoms with Gasteiger partial charge in [-0.05, 0) is 129 Å². The lowest BCUT2D eigenvalue weighted by molar-refractivity contribution is 0.476. The zero-order valence-electron chi connectivity index (χ0n) is 45.9. The molecule has 0 aliphatic rings. The van der Waals surface area contributed by atoms with Gasteiger partial charge < -0.3 is 18.9 Å². The average molecular weight is 1240 g/mol. The lowest BCUT2D eigenvalue weighted by Gasteiger charge is -2.12. The third-order valence-corrected chi connectivity index (χ3v) is 14.3. The summed E-state index contributed by atoms with van der Waals surface area (Å²) in [5.74, 6) is 2.16. The summed E-state index contributed by atoms with van der Waals surface area (Å²) in [6, 6.07) is 66.4. The number of aryl methyl sites for hydroxylation is 3. The fourth-order valence-corrected chi connectivity index (χ4v) is 9.98. The molecule has 0 amide bonds. The number of hydrogen-bond donors (Lipinski definition) is 0. The highest BCUT2D eigenvalue weighted by atomic mass is 79.9. The maximum absolute atomic E-state index is 13.8. The summed E-state index contributed by atoms with van der Waals surface area (Å²) in [7, 11) is 0. The minimum absolute atomic E-state index is 0.152. The molecule has 11 aromatic rings. The molecule has 0 spiro atoms. The second-order valence-electron chi connectivity index (χ2n) is 17.9. The van der Waals surface area contributed by atoms with Crippen molar-refractivity contribution in [2.75, 3.05) is 0 Å². The molecule has 0 saturated carbocycles. The Bertz CT molecular complexity index is 3820. The number of alkyl halides is 2. The van der Waals surface area contributed by atoms with Crippen LogP contribution in [-0.2, 0) is 12.0 Å². The summed E-state index contributed by atoms with van der Waals surface area (Å²) >= 11 is 10.4. The van der Waals surface area contributed by atoms with E-state index in [9.17, 15) is 13.2 Å². The lowest BCUT2D eigenvalue weighted by Crippen LogP contribution is -1.97. The lowest BCUT2D eigenvalue weighted by atomic mass is 10.0. The number of hydrogen-bond acceptors (Lipinski definition) is 10. The van der Waals surface area contributed by atoms with Crippen LogP contribution in [0.25, 0.3) is 67.1 Å². The molecule has 0 aliphatic carbocycles. The molecule has 0 bridgehead atoms. The van der Waals surface area contributed by atoms with Gasteiger partial charge in [0.15, 0.2) is 0 Å². The Balaban J connectivity index is 0.000000149. The Morgan fingerprint density at radius 1 is 0.386 bits per heavy atom. The molecule has 19 heteroatoms. The SMILES string of the molecule is Cc1cc2ccccc2c(-c2ccccc2[O][AlH])n1.Cc1cccc(-c2c(F)cc(F)cc2[O][AlH])n1.Cc1cccc(-c2ccccc2[O][AlH])n1.FCc1cccc(-c2ccccc2[O][AlH])n1.[AlH][O]c1ccccc1-c1cccc(CBr)n1. The second-order valence-corrected chi connectivity index (χ2v) is 19.9. The van der Waals surface area contributed by atoms with Crippen molar-refractivity contribution in [1.82, 2.24) is 24.9 Å². The molecule has 83 heavy (non-hydrogen) atoms. The highest BCUT2D eigenvalue weighted by Gasteiger charge is 2.15. The molecule has 6 aromatic carbocycles. The van der Waals surface area contributed by atoms with Crippen LogP contribution in [-0.4, -0.2) is 108 Å². The van der Waals surface area contributed by atoms with Gasteiger partial charge in [-0.3, -0.25) is 19.9 Å². The van der Waals surface area contributed by atoms with Gasteiger partial charge in [0.2, 0.25) is 0 Å². The Morgan fingerprint density at radius 3 is 1.29 bits per heavy atom. The third-order valence-electron chi connectivity index (χ3n) is 12.2. The summed E-state index contributed by atoms with van der Waals surface area (Å²) in [6.45, 7) is 5.26. The number of para-hydroxylation sites is 4. The van der Waals surface area contributed by atoms with Gasteiger partial charge >= 0.3 is 83.1 Å². The van der Waals surface area contributed by atoms with Crippen LogP contribution in [0.3, 0.4) is 0 Å². The van der Waals surface area contributed by atoms with E-state index < -0.39 is 18.3 Å². The molecular formula is C64H53Al5BrF3N5O5. The normalized spacial score (nSPS) is 10.2. The van der Waals surface area contributed by atoms with Crippen molar-refractivity contribution in [3.8, 4) is 85.0 Å². The third kappa shape index (κ3) is 17.9. The predicted octanol–water partition coefficient (Wildman–Crippen LogP) is 13.4. The van der Waals surface area contributed by atoms with Crippen LogP contribution in [0.4, 0.5) is 13.2 Å². The van der Waals surface area contributed by atoms with Crippen LogP contribution < -0.4 is 18.9 Å². The molecule has 0 N–H and O–H groups in total. The fraction of sp³-hybridized carbons (Fsp3) is 0.0781. The maximum atomic E-state index is 13.8. The summed E-state index contributed by atoms with van der Waals surface area (Å²) in [5, 5.41) is 3.12. The van der Waals surface area contributed by atoms with Crippen LogP contribution in [0.5, 0.6) is 28.7 Å². The van der Waals surface area contributed by atoms with Crippen LogP contribution >= 0.6 is 15.9 Å². The number of fused-ring (bicyclic) bond motifs is 1. The minimum atomic E-state index is -0.676. The van der Waals surface area contributed by atoms with E-state index in [4.69, 9.17) is 23.9 Å². The molecule has 0 atom stereocenters. The van der Waals surface area contributed by atoms with Gasteiger partial charge in [0.25, 0.3) is 0 Å². The first-order valence-corrected chi connectivity index (χ1v) is 29.7. The first kappa shape index (κ1) is 63.8. The van der Waals surface area contributed by atoms with E-state index in [2.05, 4.69) is 66.2 Å². The zero-order valence-corrected chi connectivity index (χ0v) is 54.6. The first-order chi connectivity index (χ1) is 40.4. The molecule has 0 aliphatic heterocycles. The second kappa shape index (κ2) is 32.9. The molecule has 10 nitrogen and oxygen atoms in total. The molecule has 407 valence electrons. The van der Waals surface area contributed by atoms with Crippen molar-refractivity contribution >= 4 is 110 Å². The molecule has 0 unspecified atom stereocenters. The Morgan fingerprint density at radius 2 is 0.795 bits per heavy atom. The van der Waals surface area contributed by atoms with E-state index in [0.29, 0.717) is 11.4 Å². The van der Waals surface area contributed by atoms with Crippen LogP contribution in [0.1, 0.15) is 28.5 Å². The molecular weight excluding hydrogens is 1190 g/mol. The van der Waals surface area contributed by atoms with E-state index in [1.54, 1.807) is 37.3 Å². The number of rotatable bonds is 12. The van der Waals surface area contributed by atoms with E-state index in [-0.39, 0.29) is 11.3 Å². The highest BCUT2D eigenvalue weighted by molar-refractivity contribution is 9.08. The van der Waals surface area contributed by atoms with Crippen LogP contribution in [0.2, 0.25) is 0 Å². The summed E-state index contributed by atoms with van der Waals surface area (Å²) in [4.78, 5) is 22.1. The van der Waals surface area contributed by atoms with Crippen molar-refractivity contribution < 1.29 is 32.1 Å². The van der Waals surface area contributed by atoms with Crippen molar-refractivity contribution in [2.24, 2.45) is 0 Å². The largest absolute Gasteiger partial charge is 0.650 e. The van der Waals surface area contributed by atoms with Crippen molar-refractivity contribution in [1.29, 1.82) is 0 Å². The maximum Gasteiger partial charge on any atom is 0.494 e. The highest BCUT2D eigenvalue weighted by Crippen LogP contribution is 2.35. The van der Waals surface area contributed by atoms with Gasteiger partial charge in [-0.15, -0.1) is 0 Å². The van der Waals surface area contributed by atoms with E-state index in [1.807, 2.05) is 153 Å². The number of nitrogens with zero attached hydrogens (tertiary/aromatic N) is 5. The first-order valence-electron chi connectivity index (χ1n) is 25.7. The monoisotopic (exact) mass is 1240 g/mol. The Hall–Kier alpha value is -6.74. The quantitative estimate of drug-likeness (QED) is 0.0866. The molecule has 11 rings (SSSR count). The smallest absolute Gasteiger partial charge is 0.494 e. The van der Waals surface area contributed by atoms with E-state index >= 15 is 0 Å². The molecule has 5 heterocycles. The Labute approximate surface area is 532 Å². The Kier molecular flexibility index (Phi) is 25.3. The predicted molar refractivity (Wildman–Crippen MR) is 336 cm³/mol. The molecule has 5 aromatic heterocycles. The number of pyridine rings is 5. The van der Waals surface area contributed by atoms with Gasteiger partial charge in [-0.1, -0.05) is 113 Å². The van der Waals surface area contributed by atoms with Crippen LogP contribution in [0.15, 0.2) is 212 Å². The number of aromatic nitrogens is 5. The molecule has 0 fully saturated rings. The van der Waals surface area contributed by atoms with Gasteiger partial charge in [0, 0.05) is 62.2 Å². The van der Waals surface area contributed by atoms with Gasteiger partial charge in [0.05, 0.1) is 74.2 Å². The van der Waals surface area contributed by atoms with E-state index in [0.717, 1.165) is 114 Å².